The van der Waals surface area contributed by atoms with Gasteiger partial charge >= 0.3 is 0 Å². The van der Waals surface area contributed by atoms with Gasteiger partial charge in [0.25, 0.3) is 0 Å². The summed E-state index contributed by atoms with van der Waals surface area (Å²) in [5.74, 6) is 0.686. The summed E-state index contributed by atoms with van der Waals surface area (Å²) < 4.78 is 5.85. The predicted molar refractivity (Wildman–Crippen MR) is 85.4 cm³/mol. The van der Waals surface area contributed by atoms with Crippen LogP contribution in [0.15, 0.2) is 30.3 Å². The van der Waals surface area contributed by atoms with Crippen molar-refractivity contribution in [2.45, 2.75) is 25.8 Å². The number of para-hydroxylation sites is 1. The van der Waals surface area contributed by atoms with Gasteiger partial charge in [0.2, 0.25) is 5.88 Å². The van der Waals surface area contributed by atoms with Crippen LogP contribution in [0.2, 0.25) is 0 Å². The number of nitrogens with zero attached hydrogens (tertiary/aromatic N) is 2. The summed E-state index contributed by atoms with van der Waals surface area (Å²) in [7, 11) is 0. The SMILES string of the molecule is NCc1cc(OCCN2CCCCC2)nc2ccccc12. The van der Waals surface area contributed by atoms with Crippen LogP contribution in [0.4, 0.5) is 0 Å². The third-order valence-corrected chi connectivity index (χ3v) is 4.10. The molecule has 21 heavy (non-hydrogen) atoms. The molecule has 0 bridgehead atoms. The first kappa shape index (κ1) is 14.3. The number of hydrogen-bond donors (Lipinski definition) is 1. The summed E-state index contributed by atoms with van der Waals surface area (Å²) in [5.41, 5.74) is 7.88. The highest BCUT2D eigenvalue weighted by Gasteiger charge is 2.10. The summed E-state index contributed by atoms with van der Waals surface area (Å²) in [6, 6.07) is 10.0. The highest BCUT2D eigenvalue weighted by atomic mass is 16.5. The van der Waals surface area contributed by atoms with Gasteiger partial charge in [-0.05, 0) is 37.6 Å². The molecule has 1 saturated heterocycles. The molecular formula is C17H23N3O. The maximum Gasteiger partial charge on any atom is 0.214 e. The smallest absolute Gasteiger partial charge is 0.214 e. The van der Waals surface area contributed by atoms with Crippen molar-refractivity contribution in [3.63, 3.8) is 0 Å². The number of benzene rings is 1. The van der Waals surface area contributed by atoms with Crippen LogP contribution in [-0.4, -0.2) is 36.1 Å². The predicted octanol–water partition coefficient (Wildman–Crippen LogP) is 2.56. The minimum absolute atomic E-state index is 0.505. The lowest BCUT2D eigenvalue weighted by Gasteiger charge is -2.26. The van der Waals surface area contributed by atoms with Gasteiger partial charge in [0, 0.05) is 24.5 Å². The van der Waals surface area contributed by atoms with Crippen LogP contribution in [0.1, 0.15) is 24.8 Å². The monoisotopic (exact) mass is 285 g/mol. The Hall–Kier alpha value is -1.65. The zero-order valence-electron chi connectivity index (χ0n) is 12.4. The summed E-state index contributed by atoms with van der Waals surface area (Å²) >= 11 is 0. The molecule has 4 heteroatoms. The lowest BCUT2D eigenvalue weighted by molar-refractivity contribution is 0.181. The molecule has 2 N–H and O–H groups in total. The molecule has 112 valence electrons. The van der Waals surface area contributed by atoms with Crippen molar-refractivity contribution < 1.29 is 4.74 Å². The summed E-state index contributed by atoms with van der Waals surface area (Å²) in [5, 5.41) is 1.11. The van der Waals surface area contributed by atoms with Gasteiger partial charge in [0.05, 0.1) is 5.52 Å². The van der Waals surface area contributed by atoms with Gasteiger partial charge in [0.15, 0.2) is 0 Å². The largest absolute Gasteiger partial charge is 0.476 e. The van der Waals surface area contributed by atoms with Crippen molar-refractivity contribution in [1.82, 2.24) is 9.88 Å². The highest BCUT2D eigenvalue weighted by Crippen LogP contribution is 2.21. The van der Waals surface area contributed by atoms with E-state index in [4.69, 9.17) is 10.5 Å². The van der Waals surface area contributed by atoms with Gasteiger partial charge in [-0.3, -0.25) is 4.90 Å². The van der Waals surface area contributed by atoms with E-state index in [1.807, 2.05) is 24.3 Å². The second kappa shape index (κ2) is 6.87. The van der Waals surface area contributed by atoms with Crippen LogP contribution in [0.5, 0.6) is 5.88 Å². The average Bonchev–Trinajstić information content (AvgIpc) is 2.55. The van der Waals surface area contributed by atoms with E-state index in [2.05, 4.69) is 16.0 Å². The maximum atomic E-state index is 5.85. The number of aromatic nitrogens is 1. The normalized spacial score (nSPS) is 16.2. The van der Waals surface area contributed by atoms with Crippen LogP contribution in [-0.2, 0) is 6.54 Å². The van der Waals surface area contributed by atoms with Gasteiger partial charge in [0.1, 0.15) is 6.61 Å². The topological polar surface area (TPSA) is 51.4 Å². The number of rotatable bonds is 5. The molecule has 3 rings (SSSR count). The summed E-state index contributed by atoms with van der Waals surface area (Å²) in [4.78, 5) is 7.04. The Morgan fingerprint density at radius 1 is 1.14 bits per heavy atom. The van der Waals surface area contributed by atoms with Gasteiger partial charge in [-0.15, -0.1) is 0 Å². The molecule has 1 aliphatic heterocycles. The van der Waals surface area contributed by atoms with Crippen LogP contribution >= 0.6 is 0 Å². The van der Waals surface area contributed by atoms with Gasteiger partial charge in [-0.25, -0.2) is 4.98 Å². The van der Waals surface area contributed by atoms with Crippen LogP contribution < -0.4 is 10.5 Å². The lowest BCUT2D eigenvalue weighted by Crippen LogP contribution is -2.33. The van der Waals surface area contributed by atoms with E-state index in [1.54, 1.807) is 0 Å². The first-order valence-electron chi connectivity index (χ1n) is 7.81. The van der Waals surface area contributed by atoms with E-state index in [0.29, 0.717) is 19.0 Å². The second-order valence-electron chi connectivity index (χ2n) is 5.59. The first-order chi connectivity index (χ1) is 10.4. The van der Waals surface area contributed by atoms with Crippen molar-refractivity contribution in [1.29, 1.82) is 0 Å². The molecule has 0 spiro atoms. The quantitative estimate of drug-likeness (QED) is 0.917. The van der Waals surface area contributed by atoms with Gasteiger partial charge in [-0.1, -0.05) is 24.6 Å². The summed E-state index contributed by atoms with van der Waals surface area (Å²) in [6.45, 7) is 4.57. The third kappa shape index (κ3) is 3.52. The van der Waals surface area contributed by atoms with E-state index in [1.165, 1.54) is 32.4 Å². The fraction of sp³-hybridized carbons (Fsp3) is 0.471. The number of piperidine rings is 1. The number of likely N-dealkylation sites (tertiary alicyclic amines) is 1. The van der Waals surface area contributed by atoms with Gasteiger partial charge < -0.3 is 10.5 Å². The first-order valence-corrected chi connectivity index (χ1v) is 7.81. The van der Waals surface area contributed by atoms with Crippen LogP contribution in [0, 0.1) is 0 Å². The Labute approximate surface area is 125 Å². The lowest BCUT2D eigenvalue weighted by atomic mass is 10.1. The third-order valence-electron chi connectivity index (χ3n) is 4.10. The molecule has 0 unspecified atom stereocenters. The average molecular weight is 285 g/mol. The van der Waals surface area contributed by atoms with E-state index >= 15 is 0 Å². The Balaban J connectivity index is 1.66. The maximum absolute atomic E-state index is 5.85. The fourth-order valence-electron chi connectivity index (χ4n) is 2.93. The molecule has 0 aliphatic carbocycles. The Bertz CT molecular complexity index is 594. The minimum atomic E-state index is 0.505. The Morgan fingerprint density at radius 3 is 2.76 bits per heavy atom. The number of fused-ring (bicyclic) bond motifs is 1. The molecule has 4 nitrogen and oxygen atoms in total. The molecule has 0 saturated carbocycles. The number of pyridine rings is 1. The molecule has 1 aliphatic rings. The van der Waals surface area contributed by atoms with Crippen molar-refractivity contribution in [2.75, 3.05) is 26.2 Å². The standard InChI is InChI=1S/C17H23N3O/c18-13-14-12-17(19-16-7-3-2-6-15(14)16)21-11-10-20-8-4-1-5-9-20/h2-3,6-7,12H,1,4-5,8-11,13,18H2. The Morgan fingerprint density at radius 2 is 1.95 bits per heavy atom. The molecule has 0 atom stereocenters. The fourth-order valence-corrected chi connectivity index (χ4v) is 2.93. The van der Waals surface area contributed by atoms with E-state index in [-0.39, 0.29) is 0 Å². The second-order valence-corrected chi connectivity index (χ2v) is 5.59. The molecular weight excluding hydrogens is 262 g/mol. The van der Waals surface area contributed by atoms with Crippen LogP contribution in [0.3, 0.4) is 0 Å². The van der Waals surface area contributed by atoms with Crippen molar-refractivity contribution in [3.05, 3.63) is 35.9 Å². The minimum Gasteiger partial charge on any atom is -0.476 e. The summed E-state index contributed by atoms with van der Waals surface area (Å²) in [6.07, 6.45) is 3.99. The van der Waals surface area contributed by atoms with Crippen molar-refractivity contribution in [2.24, 2.45) is 5.73 Å². The van der Waals surface area contributed by atoms with E-state index in [9.17, 15) is 0 Å². The molecule has 1 aromatic carbocycles. The van der Waals surface area contributed by atoms with Gasteiger partial charge in [-0.2, -0.15) is 0 Å². The molecule has 1 fully saturated rings. The zero-order valence-corrected chi connectivity index (χ0v) is 12.4. The number of ether oxygens (including phenoxy) is 1. The van der Waals surface area contributed by atoms with E-state index in [0.717, 1.165) is 23.0 Å². The molecule has 2 aromatic rings. The van der Waals surface area contributed by atoms with E-state index < -0.39 is 0 Å². The number of nitrogens with two attached hydrogens (primary N) is 1. The molecule has 2 heterocycles. The zero-order chi connectivity index (χ0) is 14.5. The molecule has 1 aromatic heterocycles. The van der Waals surface area contributed by atoms with Crippen molar-refractivity contribution >= 4 is 10.9 Å². The molecule has 0 radical (unpaired) electrons. The van der Waals surface area contributed by atoms with Crippen molar-refractivity contribution in [3.8, 4) is 5.88 Å². The van der Waals surface area contributed by atoms with Crippen LogP contribution in [0.25, 0.3) is 10.9 Å². The number of hydrogen-bond acceptors (Lipinski definition) is 4. The Kier molecular flexibility index (Phi) is 4.68. The molecule has 0 amide bonds. The highest BCUT2D eigenvalue weighted by molar-refractivity contribution is 5.82.